The van der Waals surface area contributed by atoms with Crippen LogP contribution < -0.4 is 0 Å². The van der Waals surface area contributed by atoms with E-state index in [4.69, 9.17) is 0 Å². The highest BCUT2D eigenvalue weighted by Crippen LogP contribution is 2.57. The Labute approximate surface area is 92.7 Å². The number of fused-ring (bicyclic) bond motifs is 1. The Morgan fingerprint density at radius 1 is 1.33 bits per heavy atom. The number of hydrogen-bond donors (Lipinski definition) is 2. The zero-order chi connectivity index (χ0) is 11.1. The first-order valence-electron chi connectivity index (χ1n) is 6.38. The van der Waals surface area contributed by atoms with Crippen molar-refractivity contribution in [3.63, 3.8) is 0 Å². The fourth-order valence-electron chi connectivity index (χ4n) is 4.25. The topological polar surface area (TPSA) is 40.5 Å². The third-order valence-electron chi connectivity index (χ3n) is 5.14. The van der Waals surface area contributed by atoms with Crippen LogP contribution in [0.5, 0.6) is 0 Å². The molecule has 2 heteroatoms. The zero-order valence-electron chi connectivity index (χ0n) is 9.95. The summed E-state index contributed by atoms with van der Waals surface area (Å²) in [6, 6.07) is 0. The maximum absolute atomic E-state index is 10.1. The summed E-state index contributed by atoms with van der Waals surface area (Å²) in [6.45, 7) is 4.78. The molecule has 2 saturated carbocycles. The van der Waals surface area contributed by atoms with E-state index in [9.17, 15) is 10.2 Å². The summed E-state index contributed by atoms with van der Waals surface area (Å²) in [5.74, 6) is 1.50. The average Bonchev–Trinajstić information content (AvgIpc) is 2.56. The van der Waals surface area contributed by atoms with E-state index in [1.807, 2.05) is 0 Å². The molecule has 2 rings (SSSR count). The number of aliphatic hydroxyl groups excluding tert-OH is 2. The quantitative estimate of drug-likeness (QED) is 0.736. The minimum Gasteiger partial charge on any atom is -0.396 e. The summed E-state index contributed by atoms with van der Waals surface area (Å²) >= 11 is 0. The molecule has 5 atom stereocenters. The highest BCUT2D eigenvalue weighted by molar-refractivity contribution is 5.01. The normalized spacial score (nSPS) is 47.6. The fraction of sp³-hybridized carbons (Fsp3) is 1.00. The monoisotopic (exact) mass is 212 g/mol. The second-order valence-corrected chi connectivity index (χ2v) is 5.92. The Balaban J connectivity index is 2.17. The summed E-state index contributed by atoms with van der Waals surface area (Å²) in [7, 11) is 0. The van der Waals surface area contributed by atoms with Gasteiger partial charge >= 0.3 is 0 Å². The molecule has 2 aliphatic carbocycles. The van der Waals surface area contributed by atoms with Crippen molar-refractivity contribution in [1.29, 1.82) is 0 Å². The summed E-state index contributed by atoms with van der Waals surface area (Å²) < 4.78 is 0. The van der Waals surface area contributed by atoms with E-state index in [-0.39, 0.29) is 6.10 Å². The van der Waals surface area contributed by atoms with Gasteiger partial charge in [0.25, 0.3) is 0 Å². The number of aliphatic hydroxyl groups is 2. The molecule has 0 amide bonds. The van der Waals surface area contributed by atoms with Gasteiger partial charge in [0, 0.05) is 6.61 Å². The third kappa shape index (κ3) is 1.72. The summed E-state index contributed by atoms with van der Waals surface area (Å²) in [6.07, 6.45) is 5.65. The summed E-state index contributed by atoms with van der Waals surface area (Å²) in [5.41, 5.74) is 0.291. The van der Waals surface area contributed by atoms with Crippen LogP contribution in [-0.4, -0.2) is 22.9 Å². The standard InChI is InChI=1S/C13H24O2/c1-9(8-14)10-5-6-11-12(15)4-3-7-13(10,11)2/h9-12,14-15H,3-8H2,1-2H3/t9-,10?,11?,12+,13?/m1/s1. The second-order valence-electron chi connectivity index (χ2n) is 5.92. The van der Waals surface area contributed by atoms with Crippen molar-refractivity contribution in [1.82, 2.24) is 0 Å². The first kappa shape index (κ1) is 11.4. The molecule has 15 heavy (non-hydrogen) atoms. The van der Waals surface area contributed by atoms with Gasteiger partial charge in [-0.3, -0.25) is 0 Å². The van der Waals surface area contributed by atoms with Crippen molar-refractivity contribution < 1.29 is 10.2 Å². The molecule has 0 bridgehead atoms. The van der Waals surface area contributed by atoms with Gasteiger partial charge < -0.3 is 10.2 Å². The SMILES string of the molecule is C[C@H](CO)C1CCC2[C@@H](O)CCCC12C. The van der Waals surface area contributed by atoms with Gasteiger partial charge in [0.2, 0.25) is 0 Å². The Morgan fingerprint density at radius 2 is 2.07 bits per heavy atom. The fourth-order valence-corrected chi connectivity index (χ4v) is 4.25. The zero-order valence-corrected chi connectivity index (χ0v) is 9.95. The van der Waals surface area contributed by atoms with E-state index in [2.05, 4.69) is 13.8 Å². The van der Waals surface area contributed by atoms with Crippen molar-refractivity contribution in [3.8, 4) is 0 Å². The minimum absolute atomic E-state index is 0.0837. The molecule has 0 aromatic carbocycles. The van der Waals surface area contributed by atoms with Crippen molar-refractivity contribution >= 4 is 0 Å². The van der Waals surface area contributed by atoms with Crippen LogP contribution in [0, 0.1) is 23.2 Å². The van der Waals surface area contributed by atoms with Crippen LogP contribution in [0.1, 0.15) is 46.0 Å². The largest absolute Gasteiger partial charge is 0.396 e. The lowest BCUT2D eigenvalue weighted by molar-refractivity contribution is -0.0321. The average molecular weight is 212 g/mol. The van der Waals surface area contributed by atoms with Crippen LogP contribution in [-0.2, 0) is 0 Å². The van der Waals surface area contributed by atoms with Gasteiger partial charge in [-0.25, -0.2) is 0 Å². The predicted octanol–water partition coefficient (Wildman–Crippen LogP) is 2.19. The molecule has 88 valence electrons. The van der Waals surface area contributed by atoms with Crippen LogP contribution in [0.15, 0.2) is 0 Å². The first-order chi connectivity index (χ1) is 7.09. The summed E-state index contributed by atoms with van der Waals surface area (Å²) in [4.78, 5) is 0. The van der Waals surface area contributed by atoms with Crippen molar-refractivity contribution in [2.24, 2.45) is 23.2 Å². The summed E-state index contributed by atoms with van der Waals surface area (Å²) in [5, 5.41) is 19.4. The molecular weight excluding hydrogens is 188 g/mol. The van der Waals surface area contributed by atoms with Gasteiger partial charge in [-0.15, -0.1) is 0 Å². The predicted molar refractivity (Wildman–Crippen MR) is 60.4 cm³/mol. The smallest absolute Gasteiger partial charge is 0.0573 e. The molecule has 0 aliphatic heterocycles. The van der Waals surface area contributed by atoms with E-state index in [1.54, 1.807) is 0 Å². The molecule has 2 aliphatic rings. The number of hydrogen-bond acceptors (Lipinski definition) is 2. The van der Waals surface area contributed by atoms with E-state index in [1.165, 1.54) is 12.8 Å². The van der Waals surface area contributed by atoms with Gasteiger partial charge in [0.15, 0.2) is 0 Å². The van der Waals surface area contributed by atoms with Crippen LogP contribution in [0.4, 0.5) is 0 Å². The minimum atomic E-state index is -0.0837. The van der Waals surface area contributed by atoms with E-state index < -0.39 is 0 Å². The first-order valence-corrected chi connectivity index (χ1v) is 6.38. The molecule has 0 aromatic rings. The Hall–Kier alpha value is -0.0800. The molecule has 0 heterocycles. The maximum Gasteiger partial charge on any atom is 0.0573 e. The maximum atomic E-state index is 10.1. The molecule has 2 N–H and O–H groups in total. The Bertz CT molecular complexity index is 229. The molecule has 3 unspecified atom stereocenters. The van der Waals surface area contributed by atoms with Crippen LogP contribution in [0.3, 0.4) is 0 Å². The highest BCUT2D eigenvalue weighted by atomic mass is 16.3. The van der Waals surface area contributed by atoms with Crippen molar-refractivity contribution in [3.05, 3.63) is 0 Å². The van der Waals surface area contributed by atoms with Crippen LogP contribution in [0.25, 0.3) is 0 Å². The van der Waals surface area contributed by atoms with Gasteiger partial charge in [-0.2, -0.15) is 0 Å². The van der Waals surface area contributed by atoms with E-state index in [0.29, 0.717) is 29.8 Å². The van der Waals surface area contributed by atoms with Crippen LogP contribution in [0.2, 0.25) is 0 Å². The lowest BCUT2D eigenvalue weighted by atomic mass is 9.62. The van der Waals surface area contributed by atoms with E-state index >= 15 is 0 Å². The highest BCUT2D eigenvalue weighted by Gasteiger charge is 2.51. The van der Waals surface area contributed by atoms with Gasteiger partial charge in [-0.1, -0.05) is 20.3 Å². The Kier molecular flexibility index (Phi) is 3.09. The van der Waals surface area contributed by atoms with Crippen molar-refractivity contribution in [2.75, 3.05) is 6.61 Å². The van der Waals surface area contributed by atoms with Crippen molar-refractivity contribution in [2.45, 2.75) is 52.1 Å². The van der Waals surface area contributed by atoms with E-state index in [0.717, 1.165) is 19.3 Å². The lowest BCUT2D eigenvalue weighted by Crippen LogP contribution is -2.41. The molecule has 0 aromatic heterocycles. The lowest BCUT2D eigenvalue weighted by Gasteiger charge is -2.45. The second kappa shape index (κ2) is 4.06. The van der Waals surface area contributed by atoms with Gasteiger partial charge in [0.05, 0.1) is 6.10 Å². The van der Waals surface area contributed by atoms with Gasteiger partial charge in [-0.05, 0) is 48.9 Å². The Morgan fingerprint density at radius 3 is 2.73 bits per heavy atom. The molecule has 2 fully saturated rings. The number of rotatable bonds is 2. The molecule has 0 saturated heterocycles. The molecule has 0 spiro atoms. The third-order valence-corrected chi connectivity index (χ3v) is 5.14. The molecular formula is C13H24O2. The molecule has 2 nitrogen and oxygen atoms in total. The molecule has 0 radical (unpaired) electrons. The van der Waals surface area contributed by atoms with Crippen LogP contribution >= 0.6 is 0 Å². The van der Waals surface area contributed by atoms with Gasteiger partial charge in [0.1, 0.15) is 0 Å².